The molecule has 0 unspecified atom stereocenters. The first-order valence-corrected chi connectivity index (χ1v) is 10.8. The summed E-state index contributed by atoms with van der Waals surface area (Å²) in [4.78, 5) is 18.1. The molecular formula is C23H27Cl2N3O. The lowest BCUT2D eigenvalue weighted by Gasteiger charge is -2.23. The molecular weight excluding hydrogens is 405 g/mol. The van der Waals surface area contributed by atoms with Crippen LogP contribution < -0.4 is 5.32 Å². The molecule has 4 nitrogen and oxygen atoms in total. The van der Waals surface area contributed by atoms with Crippen molar-refractivity contribution in [1.82, 2.24) is 15.2 Å². The molecule has 0 saturated carbocycles. The smallest absolute Gasteiger partial charge is 0.236 e. The molecule has 154 valence electrons. The van der Waals surface area contributed by atoms with Gasteiger partial charge in [-0.2, -0.15) is 0 Å². The fourth-order valence-electron chi connectivity index (χ4n) is 3.35. The summed E-state index contributed by atoms with van der Waals surface area (Å²) < 4.78 is 0. The number of nitrogens with one attached hydrogen (secondary N) is 2. The van der Waals surface area contributed by atoms with Crippen molar-refractivity contribution in [1.29, 1.82) is 0 Å². The average Bonchev–Trinajstić information content (AvgIpc) is 3.14. The van der Waals surface area contributed by atoms with E-state index in [1.165, 1.54) is 10.9 Å². The number of nitrogens with zero attached hydrogens (tertiary/aromatic N) is 1. The zero-order chi connectivity index (χ0) is 20.6. The van der Waals surface area contributed by atoms with Gasteiger partial charge in [0.15, 0.2) is 0 Å². The molecule has 29 heavy (non-hydrogen) atoms. The van der Waals surface area contributed by atoms with Crippen LogP contribution in [0.25, 0.3) is 10.9 Å². The van der Waals surface area contributed by atoms with Gasteiger partial charge >= 0.3 is 0 Å². The van der Waals surface area contributed by atoms with Gasteiger partial charge < -0.3 is 15.2 Å². The quantitative estimate of drug-likeness (QED) is 0.420. The fraction of sp³-hybridized carbons (Fsp3) is 0.348. The number of rotatable bonds is 10. The minimum Gasteiger partial charge on any atom is -0.361 e. The van der Waals surface area contributed by atoms with Crippen molar-refractivity contribution < 1.29 is 4.79 Å². The first kappa shape index (κ1) is 21.7. The van der Waals surface area contributed by atoms with Crippen molar-refractivity contribution in [3.8, 4) is 0 Å². The third kappa shape index (κ3) is 5.99. The molecule has 6 heteroatoms. The number of fused-ring (bicyclic) bond motifs is 1. The highest BCUT2D eigenvalue weighted by Gasteiger charge is 2.15. The summed E-state index contributed by atoms with van der Waals surface area (Å²) in [6.07, 6.45) is 4.99. The van der Waals surface area contributed by atoms with Crippen LogP contribution in [0.1, 0.15) is 30.9 Å². The van der Waals surface area contributed by atoms with Crippen molar-refractivity contribution >= 4 is 40.0 Å². The van der Waals surface area contributed by atoms with Crippen LogP contribution in [0.15, 0.2) is 48.7 Å². The summed E-state index contributed by atoms with van der Waals surface area (Å²) in [5.41, 5.74) is 3.30. The van der Waals surface area contributed by atoms with Crippen molar-refractivity contribution in [3.63, 3.8) is 0 Å². The van der Waals surface area contributed by atoms with E-state index in [1.54, 1.807) is 6.07 Å². The van der Waals surface area contributed by atoms with E-state index in [0.29, 0.717) is 29.7 Å². The van der Waals surface area contributed by atoms with E-state index in [4.69, 9.17) is 23.2 Å². The minimum atomic E-state index is 0.0898. The van der Waals surface area contributed by atoms with Crippen LogP contribution in [0.3, 0.4) is 0 Å². The number of para-hydroxylation sites is 1. The molecule has 0 radical (unpaired) electrons. The molecule has 0 aliphatic rings. The van der Waals surface area contributed by atoms with Gasteiger partial charge in [0.25, 0.3) is 0 Å². The average molecular weight is 432 g/mol. The molecule has 2 aromatic carbocycles. The monoisotopic (exact) mass is 431 g/mol. The molecule has 1 aromatic heterocycles. The van der Waals surface area contributed by atoms with Gasteiger partial charge in [0, 0.05) is 30.2 Å². The summed E-state index contributed by atoms with van der Waals surface area (Å²) in [6, 6.07) is 13.8. The molecule has 1 heterocycles. The molecule has 0 fully saturated rings. The van der Waals surface area contributed by atoms with E-state index >= 15 is 0 Å². The third-order valence-electron chi connectivity index (χ3n) is 5.02. The van der Waals surface area contributed by atoms with E-state index < -0.39 is 0 Å². The van der Waals surface area contributed by atoms with Crippen molar-refractivity contribution in [2.24, 2.45) is 0 Å². The number of amides is 1. The summed E-state index contributed by atoms with van der Waals surface area (Å²) in [6.45, 7) is 4.48. The molecule has 0 saturated heterocycles. The SMILES string of the molecule is CCCCNCC(=O)N(CCc1c[nH]c2ccccc12)Cc1ccc(Cl)c(Cl)c1. The predicted molar refractivity (Wildman–Crippen MR) is 122 cm³/mol. The van der Waals surface area contributed by atoms with E-state index in [1.807, 2.05) is 35.4 Å². The number of halogens is 2. The van der Waals surface area contributed by atoms with Crippen LogP contribution in [0, 0.1) is 0 Å². The van der Waals surface area contributed by atoms with Crippen molar-refractivity contribution in [3.05, 3.63) is 69.8 Å². The Morgan fingerprint density at radius 3 is 2.76 bits per heavy atom. The van der Waals surface area contributed by atoms with Gasteiger partial charge in [0.2, 0.25) is 5.91 Å². The summed E-state index contributed by atoms with van der Waals surface area (Å²) in [7, 11) is 0. The van der Waals surface area contributed by atoms with Gasteiger partial charge in [-0.3, -0.25) is 4.79 Å². The largest absolute Gasteiger partial charge is 0.361 e. The molecule has 0 aliphatic carbocycles. The van der Waals surface area contributed by atoms with Gasteiger partial charge in [-0.25, -0.2) is 0 Å². The molecule has 2 N–H and O–H groups in total. The van der Waals surface area contributed by atoms with Gasteiger partial charge in [-0.1, -0.05) is 60.8 Å². The lowest BCUT2D eigenvalue weighted by Crippen LogP contribution is -2.39. The second-order valence-corrected chi connectivity index (χ2v) is 8.02. The van der Waals surface area contributed by atoms with Crippen LogP contribution in [-0.2, 0) is 17.8 Å². The van der Waals surface area contributed by atoms with Crippen LogP contribution in [0.2, 0.25) is 10.0 Å². The zero-order valence-corrected chi connectivity index (χ0v) is 18.2. The molecule has 0 bridgehead atoms. The normalized spacial score (nSPS) is 11.1. The molecule has 0 atom stereocenters. The van der Waals surface area contributed by atoms with Crippen LogP contribution >= 0.6 is 23.2 Å². The number of unbranched alkanes of at least 4 members (excludes halogenated alkanes) is 1. The summed E-state index contributed by atoms with van der Waals surface area (Å²) >= 11 is 12.2. The van der Waals surface area contributed by atoms with Gasteiger partial charge in [-0.15, -0.1) is 0 Å². The predicted octanol–water partition coefficient (Wildman–Crippen LogP) is 5.44. The molecule has 0 aliphatic heterocycles. The van der Waals surface area contributed by atoms with E-state index in [9.17, 15) is 4.79 Å². The van der Waals surface area contributed by atoms with Crippen LogP contribution in [0.4, 0.5) is 0 Å². The summed E-state index contributed by atoms with van der Waals surface area (Å²) in [5, 5.41) is 5.49. The fourth-order valence-corrected chi connectivity index (χ4v) is 3.67. The number of hydrogen-bond donors (Lipinski definition) is 2. The maximum Gasteiger partial charge on any atom is 0.236 e. The Morgan fingerprint density at radius 1 is 1.14 bits per heavy atom. The van der Waals surface area contributed by atoms with Crippen LogP contribution in [-0.4, -0.2) is 35.4 Å². The zero-order valence-electron chi connectivity index (χ0n) is 16.7. The lowest BCUT2D eigenvalue weighted by atomic mass is 10.1. The highest BCUT2D eigenvalue weighted by Crippen LogP contribution is 2.24. The number of H-pyrrole nitrogens is 1. The Hall–Kier alpha value is -2.01. The second-order valence-electron chi connectivity index (χ2n) is 7.20. The first-order chi connectivity index (χ1) is 14.1. The standard InChI is InChI=1S/C23H27Cl2N3O/c1-2-3-11-26-15-23(29)28(16-17-8-9-20(24)21(25)13-17)12-10-18-14-27-22-7-5-4-6-19(18)22/h4-9,13-14,26-27H,2-3,10-12,15-16H2,1H3. The van der Waals surface area contributed by atoms with Crippen molar-refractivity contribution in [2.75, 3.05) is 19.6 Å². The van der Waals surface area contributed by atoms with Gasteiger partial charge in [0.1, 0.15) is 0 Å². The number of hydrogen-bond acceptors (Lipinski definition) is 2. The number of carbonyl (C=O) groups excluding carboxylic acids is 1. The van der Waals surface area contributed by atoms with Gasteiger partial charge in [0.05, 0.1) is 16.6 Å². The Bertz CT molecular complexity index is 954. The molecule has 3 aromatic rings. The number of benzene rings is 2. The van der Waals surface area contributed by atoms with Crippen LogP contribution in [0.5, 0.6) is 0 Å². The summed E-state index contributed by atoms with van der Waals surface area (Å²) in [5.74, 6) is 0.0898. The molecule has 3 rings (SSSR count). The lowest BCUT2D eigenvalue weighted by molar-refractivity contribution is -0.130. The number of aromatic amines is 1. The molecule has 1 amide bonds. The Kier molecular flexibility index (Phi) is 7.99. The molecule has 0 spiro atoms. The Balaban J connectivity index is 1.70. The third-order valence-corrected chi connectivity index (χ3v) is 5.76. The number of carbonyl (C=O) groups is 1. The second kappa shape index (κ2) is 10.7. The maximum atomic E-state index is 12.9. The Labute approximate surface area is 182 Å². The Morgan fingerprint density at radius 2 is 1.97 bits per heavy atom. The van der Waals surface area contributed by atoms with E-state index in [0.717, 1.165) is 36.9 Å². The highest BCUT2D eigenvalue weighted by molar-refractivity contribution is 6.42. The minimum absolute atomic E-state index is 0.0898. The highest BCUT2D eigenvalue weighted by atomic mass is 35.5. The van der Waals surface area contributed by atoms with Gasteiger partial charge in [-0.05, 0) is 48.7 Å². The topological polar surface area (TPSA) is 48.1 Å². The van der Waals surface area contributed by atoms with E-state index in [-0.39, 0.29) is 5.91 Å². The maximum absolute atomic E-state index is 12.9. The van der Waals surface area contributed by atoms with E-state index in [2.05, 4.69) is 29.4 Å². The van der Waals surface area contributed by atoms with Crippen molar-refractivity contribution in [2.45, 2.75) is 32.7 Å². The number of aromatic nitrogens is 1. The first-order valence-electron chi connectivity index (χ1n) is 10.1.